The van der Waals surface area contributed by atoms with Crippen molar-refractivity contribution in [2.45, 2.75) is 6.54 Å². The quantitative estimate of drug-likeness (QED) is 0.847. The maximum absolute atomic E-state index is 5.52. The molecule has 0 saturated heterocycles. The molecule has 1 aromatic heterocycles. The van der Waals surface area contributed by atoms with Crippen LogP contribution in [0.4, 0.5) is 5.95 Å². The van der Waals surface area contributed by atoms with Crippen molar-refractivity contribution in [2.75, 3.05) is 5.32 Å². The summed E-state index contributed by atoms with van der Waals surface area (Å²) in [6.07, 6.45) is 1.63. The molecule has 0 spiro atoms. The summed E-state index contributed by atoms with van der Waals surface area (Å²) >= 11 is 8.36. The van der Waals surface area contributed by atoms with Gasteiger partial charge in [-0.05, 0) is 17.7 Å². The number of benzene rings is 1. The molecule has 1 aromatic carbocycles. The van der Waals surface area contributed by atoms with E-state index in [-0.39, 0.29) is 4.99 Å². The highest BCUT2D eigenvalue weighted by Crippen LogP contribution is 2.16. The van der Waals surface area contributed by atoms with Crippen LogP contribution in [-0.4, -0.2) is 15.0 Å². The van der Waals surface area contributed by atoms with Crippen molar-refractivity contribution < 1.29 is 0 Å². The molecule has 0 bridgehead atoms. The first kappa shape index (κ1) is 12.9. The van der Waals surface area contributed by atoms with E-state index < -0.39 is 0 Å². The molecule has 92 valence electrons. The molecule has 0 aliphatic heterocycles. The predicted molar refractivity (Wildman–Crippen MR) is 79.4 cm³/mol. The smallest absolute Gasteiger partial charge is 0.223 e. The zero-order valence-corrected chi connectivity index (χ0v) is 11.8. The Hall–Kier alpha value is -1.53. The summed E-state index contributed by atoms with van der Waals surface area (Å²) in [4.78, 5) is 8.59. The topological polar surface area (TPSA) is 63.8 Å². The van der Waals surface area contributed by atoms with Crippen LogP contribution in [-0.2, 0) is 6.54 Å². The van der Waals surface area contributed by atoms with Crippen LogP contribution in [0.1, 0.15) is 11.3 Å². The maximum Gasteiger partial charge on any atom is 0.223 e. The maximum atomic E-state index is 5.52. The van der Waals surface area contributed by atoms with E-state index in [1.54, 1.807) is 12.3 Å². The minimum Gasteiger partial charge on any atom is -0.388 e. The van der Waals surface area contributed by atoms with E-state index >= 15 is 0 Å². The van der Waals surface area contributed by atoms with Gasteiger partial charge in [-0.3, -0.25) is 0 Å². The number of nitrogens with two attached hydrogens (primary N) is 1. The van der Waals surface area contributed by atoms with Gasteiger partial charge in [-0.15, -0.1) is 0 Å². The highest BCUT2D eigenvalue weighted by Gasteiger charge is 2.02. The Kier molecular flexibility index (Phi) is 4.22. The van der Waals surface area contributed by atoms with Crippen molar-refractivity contribution in [1.29, 1.82) is 0 Å². The van der Waals surface area contributed by atoms with Gasteiger partial charge in [0.25, 0.3) is 0 Å². The Bertz CT molecular complexity index is 574. The van der Waals surface area contributed by atoms with Gasteiger partial charge in [-0.1, -0.05) is 46.3 Å². The molecule has 0 saturated carbocycles. The second-order valence-corrected chi connectivity index (χ2v) is 4.87. The molecule has 0 unspecified atom stereocenters. The Morgan fingerprint density at radius 2 is 2.11 bits per heavy atom. The van der Waals surface area contributed by atoms with Gasteiger partial charge in [0.1, 0.15) is 10.7 Å². The summed E-state index contributed by atoms with van der Waals surface area (Å²) in [6.45, 7) is 0.627. The number of anilines is 1. The highest BCUT2D eigenvalue weighted by atomic mass is 79.9. The zero-order chi connectivity index (χ0) is 13.0. The number of hydrogen-bond acceptors (Lipinski definition) is 4. The van der Waals surface area contributed by atoms with Crippen molar-refractivity contribution >= 4 is 39.1 Å². The Morgan fingerprint density at radius 3 is 2.83 bits per heavy atom. The molecule has 0 aliphatic carbocycles. The zero-order valence-electron chi connectivity index (χ0n) is 9.43. The molecule has 2 rings (SSSR count). The second kappa shape index (κ2) is 5.88. The summed E-state index contributed by atoms with van der Waals surface area (Å²) in [6, 6.07) is 9.65. The molecule has 1 heterocycles. The Labute approximate surface area is 119 Å². The first-order chi connectivity index (χ1) is 8.66. The number of thiocarbonyl (C=S) groups is 1. The lowest BCUT2D eigenvalue weighted by atomic mass is 10.2. The number of halogens is 1. The molecule has 3 N–H and O–H groups in total. The monoisotopic (exact) mass is 322 g/mol. The Morgan fingerprint density at radius 1 is 1.33 bits per heavy atom. The minimum atomic E-state index is 0.265. The number of nitrogens with zero attached hydrogens (tertiary/aromatic N) is 2. The Balaban J connectivity index is 2.09. The van der Waals surface area contributed by atoms with E-state index in [1.165, 1.54) is 0 Å². The van der Waals surface area contributed by atoms with Gasteiger partial charge in [0.2, 0.25) is 5.95 Å². The van der Waals surface area contributed by atoms with E-state index in [0.29, 0.717) is 18.2 Å². The predicted octanol–water partition coefficient (Wildman–Crippen LogP) is 2.49. The van der Waals surface area contributed by atoms with Gasteiger partial charge in [0.05, 0.1) is 0 Å². The summed E-state index contributed by atoms with van der Waals surface area (Å²) < 4.78 is 1.04. The van der Waals surface area contributed by atoms with Crippen LogP contribution in [0.5, 0.6) is 0 Å². The van der Waals surface area contributed by atoms with Gasteiger partial charge in [0, 0.05) is 17.2 Å². The van der Waals surface area contributed by atoms with E-state index in [9.17, 15) is 0 Å². The minimum absolute atomic E-state index is 0.265. The van der Waals surface area contributed by atoms with Crippen molar-refractivity contribution in [2.24, 2.45) is 5.73 Å². The molecule has 0 radical (unpaired) electrons. The number of nitrogens with one attached hydrogen (secondary N) is 1. The van der Waals surface area contributed by atoms with Crippen molar-refractivity contribution in [3.63, 3.8) is 0 Å². The van der Waals surface area contributed by atoms with Gasteiger partial charge < -0.3 is 11.1 Å². The molecule has 2 aromatic rings. The molecule has 0 aliphatic rings. The fourth-order valence-electron chi connectivity index (χ4n) is 1.40. The molecule has 0 fully saturated rings. The van der Waals surface area contributed by atoms with Crippen LogP contribution in [0.2, 0.25) is 0 Å². The highest BCUT2D eigenvalue weighted by molar-refractivity contribution is 9.10. The van der Waals surface area contributed by atoms with Gasteiger partial charge >= 0.3 is 0 Å². The lowest BCUT2D eigenvalue weighted by Gasteiger charge is -2.07. The largest absolute Gasteiger partial charge is 0.388 e. The fraction of sp³-hybridized carbons (Fsp3) is 0.0833. The molecule has 4 nitrogen and oxygen atoms in total. The number of hydrogen-bond donors (Lipinski definition) is 2. The molecular weight excluding hydrogens is 312 g/mol. The standard InChI is InChI=1S/C12H11BrN4S/c13-9-4-2-1-3-8(9)7-16-12-15-6-5-10(17-12)11(14)18/h1-6H,7H2,(H2,14,18)(H,15,16,17). The number of aromatic nitrogens is 2. The lowest BCUT2D eigenvalue weighted by Crippen LogP contribution is -2.13. The van der Waals surface area contributed by atoms with E-state index in [0.717, 1.165) is 10.0 Å². The van der Waals surface area contributed by atoms with Crippen LogP contribution < -0.4 is 11.1 Å². The third-order valence-corrected chi connectivity index (χ3v) is 3.29. The van der Waals surface area contributed by atoms with Gasteiger partial charge in [0.15, 0.2) is 0 Å². The van der Waals surface area contributed by atoms with E-state index in [2.05, 4.69) is 31.2 Å². The molecular formula is C12H11BrN4S. The van der Waals surface area contributed by atoms with Crippen LogP contribution in [0, 0.1) is 0 Å². The van der Waals surface area contributed by atoms with Crippen molar-refractivity contribution in [1.82, 2.24) is 9.97 Å². The fourth-order valence-corrected chi connectivity index (χ4v) is 1.94. The van der Waals surface area contributed by atoms with Gasteiger partial charge in [-0.2, -0.15) is 0 Å². The SMILES string of the molecule is NC(=S)c1ccnc(NCc2ccccc2Br)n1. The summed E-state index contributed by atoms with van der Waals surface area (Å²) in [5, 5.41) is 3.13. The van der Waals surface area contributed by atoms with E-state index in [1.807, 2.05) is 24.3 Å². The van der Waals surface area contributed by atoms with Crippen LogP contribution in [0.3, 0.4) is 0 Å². The first-order valence-corrected chi connectivity index (χ1v) is 6.47. The lowest BCUT2D eigenvalue weighted by molar-refractivity contribution is 1.04. The average molecular weight is 323 g/mol. The summed E-state index contributed by atoms with van der Waals surface area (Å²) in [7, 11) is 0. The summed E-state index contributed by atoms with van der Waals surface area (Å²) in [5.74, 6) is 0.510. The van der Waals surface area contributed by atoms with Crippen LogP contribution >= 0.6 is 28.1 Å². The van der Waals surface area contributed by atoms with Crippen LogP contribution in [0.15, 0.2) is 41.0 Å². The number of rotatable bonds is 4. The van der Waals surface area contributed by atoms with Crippen molar-refractivity contribution in [3.05, 3.63) is 52.3 Å². The third kappa shape index (κ3) is 3.24. The van der Waals surface area contributed by atoms with Crippen LogP contribution in [0.25, 0.3) is 0 Å². The second-order valence-electron chi connectivity index (χ2n) is 3.57. The average Bonchev–Trinajstić information content (AvgIpc) is 2.38. The summed E-state index contributed by atoms with van der Waals surface area (Å²) in [5.41, 5.74) is 7.21. The van der Waals surface area contributed by atoms with Gasteiger partial charge in [-0.25, -0.2) is 9.97 Å². The normalized spacial score (nSPS) is 10.1. The molecule has 0 amide bonds. The first-order valence-electron chi connectivity index (χ1n) is 5.27. The van der Waals surface area contributed by atoms with E-state index in [4.69, 9.17) is 18.0 Å². The van der Waals surface area contributed by atoms with Crippen molar-refractivity contribution in [3.8, 4) is 0 Å². The molecule has 6 heteroatoms. The molecule has 0 atom stereocenters. The third-order valence-electron chi connectivity index (χ3n) is 2.30. The molecule has 18 heavy (non-hydrogen) atoms.